The molecule has 0 aliphatic carbocycles. The lowest BCUT2D eigenvalue weighted by molar-refractivity contribution is -0.132. The molecule has 34 heavy (non-hydrogen) atoms. The lowest BCUT2D eigenvalue weighted by Crippen LogP contribution is -2.28. The normalized spacial score (nSPS) is 11.1. The van der Waals surface area contributed by atoms with Crippen molar-refractivity contribution in [1.29, 1.82) is 0 Å². The molecular formula is C23H21BrN4O5S. The van der Waals surface area contributed by atoms with Crippen LogP contribution in [0.15, 0.2) is 58.8 Å². The Balaban J connectivity index is 1.71. The lowest BCUT2D eigenvalue weighted by Gasteiger charge is -2.10. The molecule has 0 saturated heterocycles. The largest absolute Gasteiger partial charge is 0.508 e. The monoisotopic (exact) mass is 544 g/mol. The number of nitrogens with zero attached hydrogens (tertiary/aromatic N) is 2. The molecule has 0 bridgehead atoms. The third-order valence-electron chi connectivity index (χ3n) is 4.50. The predicted octanol–water partition coefficient (Wildman–Crippen LogP) is 3.46. The van der Waals surface area contributed by atoms with Crippen LogP contribution in [-0.4, -0.2) is 47.1 Å². The van der Waals surface area contributed by atoms with Crippen molar-refractivity contribution in [3.63, 3.8) is 0 Å². The van der Waals surface area contributed by atoms with Gasteiger partial charge in [0.15, 0.2) is 5.13 Å². The zero-order valence-electron chi connectivity index (χ0n) is 18.2. The van der Waals surface area contributed by atoms with Gasteiger partial charge in [0.1, 0.15) is 11.4 Å². The van der Waals surface area contributed by atoms with Crippen LogP contribution >= 0.6 is 27.3 Å². The Hall–Kier alpha value is -3.70. The van der Waals surface area contributed by atoms with Gasteiger partial charge < -0.3 is 25.7 Å². The second-order valence-corrected chi connectivity index (χ2v) is 9.20. The molecule has 0 spiro atoms. The first kappa shape index (κ1) is 24.9. The number of amides is 2. The number of aliphatic carboxylic acids is 1. The van der Waals surface area contributed by atoms with Crippen molar-refractivity contribution in [1.82, 2.24) is 15.6 Å². The SMILES string of the molecule is CN(C)c1ncc(/C=C(/NC(=O)c2ccc(C(=O)NCc3cccc(O)c3)cc2Br)C(=O)O)s1. The molecule has 0 atom stereocenters. The fourth-order valence-electron chi connectivity index (χ4n) is 2.82. The second kappa shape index (κ2) is 10.9. The van der Waals surface area contributed by atoms with E-state index in [-0.39, 0.29) is 29.5 Å². The van der Waals surface area contributed by atoms with E-state index in [4.69, 9.17) is 0 Å². The van der Waals surface area contributed by atoms with Crippen molar-refractivity contribution >= 4 is 56.3 Å². The molecule has 0 unspecified atom stereocenters. The Morgan fingerprint density at radius 3 is 2.53 bits per heavy atom. The first-order valence-electron chi connectivity index (χ1n) is 9.89. The minimum absolute atomic E-state index is 0.105. The molecule has 4 N–H and O–H groups in total. The Kier molecular flexibility index (Phi) is 8.03. The van der Waals surface area contributed by atoms with Crippen molar-refractivity contribution in [3.8, 4) is 5.75 Å². The molecule has 1 aromatic heterocycles. The molecule has 2 amide bonds. The van der Waals surface area contributed by atoms with Crippen LogP contribution in [0.1, 0.15) is 31.2 Å². The van der Waals surface area contributed by atoms with Gasteiger partial charge in [0.05, 0.1) is 10.4 Å². The number of carbonyl (C=O) groups is 3. The number of anilines is 1. The number of phenols is 1. The van der Waals surface area contributed by atoms with Crippen LogP contribution in [0.4, 0.5) is 5.13 Å². The Labute approximate surface area is 207 Å². The van der Waals surface area contributed by atoms with Crippen LogP contribution in [0.2, 0.25) is 0 Å². The number of aromatic hydroxyl groups is 1. The summed E-state index contributed by atoms with van der Waals surface area (Å²) in [6, 6.07) is 10.9. The fourth-order valence-corrected chi connectivity index (χ4v) is 4.16. The van der Waals surface area contributed by atoms with Gasteiger partial charge in [-0.15, -0.1) is 0 Å². The number of hydrogen-bond donors (Lipinski definition) is 4. The standard InChI is InChI=1S/C23H21BrN4O5S/c1-28(2)23-26-12-16(34-23)10-19(22(32)33)27-21(31)17-7-6-14(9-18(17)24)20(30)25-11-13-4-3-5-15(29)8-13/h3-10,12,29H,11H2,1-2H3,(H,25,30)(H,27,31)(H,32,33)/b19-10+. The highest BCUT2D eigenvalue weighted by Crippen LogP contribution is 2.23. The highest BCUT2D eigenvalue weighted by molar-refractivity contribution is 9.10. The number of aromatic nitrogens is 1. The summed E-state index contributed by atoms with van der Waals surface area (Å²) in [5.74, 6) is -2.21. The number of carbonyl (C=O) groups excluding carboxylic acids is 2. The van der Waals surface area contributed by atoms with Gasteiger partial charge >= 0.3 is 5.97 Å². The molecule has 1 heterocycles. The summed E-state index contributed by atoms with van der Waals surface area (Å²) >= 11 is 4.56. The van der Waals surface area contributed by atoms with E-state index in [9.17, 15) is 24.6 Å². The number of nitrogens with one attached hydrogen (secondary N) is 2. The zero-order valence-corrected chi connectivity index (χ0v) is 20.6. The zero-order chi connectivity index (χ0) is 24.8. The minimum atomic E-state index is -1.30. The number of carboxylic acids is 1. The number of hydrogen-bond acceptors (Lipinski definition) is 7. The molecule has 0 fully saturated rings. The van der Waals surface area contributed by atoms with E-state index in [2.05, 4.69) is 31.5 Å². The van der Waals surface area contributed by atoms with E-state index in [1.165, 1.54) is 47.9 Å². The van der Waals surface area contributed by atoms with Crippen LogP contribution in [0.5, 0.6) is 5.75 Å². The third-order valence-corrected chi connectivity index (χ3v) is 6.27. The van der Waals surface area contributed by atoms with E-state index in [1.54, 1.807) is 23.1 Å². The van der Waals surface area contributed by atoms with Crippen molar-refractivity contribution in [3.05, 3.63) is 80.4 Å². The summed E-state index contributed by atoms with van der Waals surface area (Å²) in [7, 11) is 3.64. The number of thiazole rings is 1. The maximum Gasteiger partial charge on any atom is 0.352 e. The Bertz CT molecular complexity index is 1270. The average molecular weight is 545 g/mol. The molecule has 3 rings (SSSR count). The van der Waals surface area contributed by atoms with Crippen LogP contribution < -0.4 is 15.5 Å². The van der Waals surface area contributed by atoms with Crippen LogP contribution in [0, 0.1) is 0 Å². The Morgan fingerprint density at radius 2 is 1.91 bits per heavy atom. The van der Waals surface area contributed by atoms with E-state index in [0.29, 0.717) is 20.0 Å². The van der Waals surface area contributed by atoms with Crippen LogP contribution in [0.3, 0.4) is 0 Å². The third kappa shape index (κ3) is 6.42. The van der Waals surface area contributed by atoms with Gasteiger partial charge in [-0.2, -0.15) is 0 Å². The number of carboxylic acid groups (broad SMARTS) is 1. The van der Waals surface area contributed by atoms with Gasteiger partial charge in [0.2, 0.25) is 0 Å². The lowest BCUT2D eigenvalue weighted by atomic mass is 10.1. The highest BCUT2D eigenvalue weighted by Gasteiger charge is 2.18. The van der Waals surface area contributed by atoms with Crippen molar-refractivity contribution in [2.24, 2.45) is 0 Å². The smallest absolute Gasteiger partial charge is 0.352 e. The van der Waals surface area contributed by atoms with Crippen LogP contribution in [0.25, 0.3) is 6.08 Å². The molecule has 11 heteroatoms. The minimum Gasteiger partial charge on any atom is -0.508 e. The number of halogens is 1. The molecule has 2 aromatic carbocycles. The molecule has 0 radical (unpaired) electrons. The van der Waals surface area contributed by atoms with E-state index in [1.807, 2.05) is 14.1 Å². The van der Waals surface area contributed by atoms with E-state index < -0.39 is 11.9 Å². The van der Waals surface area contributed by atoms with Gasteiger partial charge in [0.25, 0.3) is 11.8 Å². The summed E-state index contributed by atoms with van der Waals surface area (Å²) in [5, 5.41) is 24.9. The van der Waals surface area contributed by atoms with Gasteiger partial charge in [-0.05, 0) is 57.9 Å². The topological polar surface area (TPSA) is 132 Å². The second-order valence-electron chi connectivity index (χ2n) is 7.30. The molecule has 9 nitrogen and oxygen atoms in total. The molecule has 0 aliphatic heterocycles. The Morgan fingerprint density at radius 1 is 1.15 bits per heavy atom. The molecular weight excluding hydrogens is 524 g/mol. The summed E-state index contributed by atoms with van der Waals surface area (Å²) in [6.07, 6.45) is 2.86. The maximum atomic E-state index is 12.7. The van der Waals surface area contributed by atoms with Crippen molar-refractivity contribution in [2.75, 3.05) is 19.0 Å². The van der Waals surface area contributed by atoms with Crippen molar-refractivity contribution in [2.45, 2.75) is 6.54 Å². The summed E-state index contributed by atoms with van der Waals surface area (Å²) < 4.78 is 0.326. The number of rotatable bonds is 8. The maximum absolute atomic E-state index is 12.7. The summed E-state index contributed by atoms with van der Waals surface area (Å²) in [4.78, 5) is 43.4. The van der Waals surface area contributed by atoms with Crippen LogP contribution in [-0.2, 0) is 11.3 Å². The number of benzene rings is 2. The summed E-state index contributed by atoms with van der Waals surface area (Å²) in [5.41, 5.74) is 0.891. The molecule has 0 aliphatic rings. The quantitative estimate of drug-likeness (QED) is 0.319. The van der Waals surface area contributed by atoms with Gasteiger partial charge in [-0.3, -0.25) is 9.59 Å². The fraction of sp³-hybridized carbons (Fsp3) is 0.130. The average Bonchev–Trinajstić information content (AvgIpc) is 3.26. The first-order chi connectivity index (χ1) is 16.1. The van der Waals surface area contributed by atoms with Gasteiger partial charge in [0, 0.05) is 36.9 Å². The first-order valence-corrected chi connectivity index (χ1v) is 11.5. The van der Waals surface area contributed by atoms with E-state index >= 15 is 0 Å². The molecule has 3 aromatic rings. The van der Waals surface area contributed by atoms with E-state index in [0.717, 1.165) is 5.56 Å². The van der Waals surface area contributed by atoms with Gasteiger partial charge in [-0.1, -0.05) is 23.5 Å². The molecule has 176 valence electrons. The number of phenolic OH excluding ortho intramolecular Hbond substituents is 1. The summed E-state index contributed by atoms with van der Waals surface area (Å²) in [6.45, 7) is 0.215. The molecule has 0 saturated carbocycles. The predicted molar refractivity (Wildman–Crippen MR) is 133 cm³/mol. The van der Waals surface area contributed by atoms with Gasteiger partial charge in [-0.25, -0.2) is 9.78 Å². The highest BCUT2D eigenvalue weighted by atomic mass is 79.9. The van der Waals surface area contributed by atoms with Crippen molar-refractivity contribution < 1.29 is 24.6 Å².